The molecule has 0 spiro atoms. The number of halogens is 1. The highest BCUT2D eigenvalue weighted by Gasteiger charge is 2.09. The molecule has 20 heavy (non-hydrogen) atoms. The summed E-state index contributed by atoms with van der Waals surface area (Å²) in [5, 5.41) is 13.6. The van der Waals surface area contributed by atoms with Crippen molar-refractivity contribution in [1.29, 1.82) is 0 Å². The van der Waals surface area contributed by atoms with E-state index < -0.39 is 6.10 Å². The number of nitrogens with one attached hydrogen (secondary N) is 1. The first-order valence-electron chi connectivity index (χ1n) is 6.88. The Balaban J connectivity index is 1.79. The predicted octanol–water partition coefficient (Wildman–Crippen LogP) is 4.22. The zero-order valence-electron chi connectivity index (χ0n) is 11.6. The van der Waals surface area contributed by atoms with Crippen LogP contribution < -0.4 is 5.32 Å². The number of hydrogen-bond donors (Lipinski definition) is 2. The minimum absolute atomic E-state index is 0.299. The van der Waals surface area contributed by atoms with Crippen LogP contribution >= 0.6 is 15.9 Å². The van der Waals surface area contributed by atoms with Gasteiger partial charge in [-0.25, -0.2) is 0 Å². The largest absolute Gasteiger partial charge is 0.388 e. The van der Waals surface area contributed by atoms with Crippen LogP contribution in [-0.4, -0.2) is 11.7 Å². The third-order valence-electron chi connectivity index (χ3n) is 3.42. The third kappa shape index (κ3) is 4.44. The van der Waals surface area contributed by atoms with Crippen LogP contribution in [0.25, 0.3) is 0 Å². The maximum absolute atomic E-state index is 10.1. The second kappa shape index (κ2) is 7.58. The van der Waals surface area contributed by atoms with Gasteiger partial charge in [0.2, 0.25) is 0 Å². The molecule has 0 fully saturated rings. The maximum Gasteiger partial charge on any atom is 0.0802 e. The number of rotatable bonds is 6. The minimum atomic E-state index is -0.418. The van der Waals surface area contributed by atoms with Crippen LogP contribution in [0.1, 0.15) is 36.6 Å². The molecule has 2 aromatic rings. The Morgan fingerprint density at radius 3 is 2.30 bits per heavy atom. The van der Waals surface area contributed by atoms with Gasteiger partial charge in [0.05, 0.1) is 6.10 Å². The highest BCUT2D eigenvalue weighted by molar-refractivity contribution is 9.10. The predicted molar refractivity (Wildman–Crippen MR) is 86.6 cm³/mol. The molecule has 0 aromatic heterocycles. The number of aliphatic hydroxyl groups excluding tert-OH is 1. The molecule has 2 aromatic carbocycles. The van der Waals surface area contributed by atoms with Crippen LogP contribution in [0, 0.1) is 0 Å². The van der Waals surface area contributed by atoms with E-state index in [2.05, 4.69) is 40.3 Å². The summed E-state index contributed by atoms with van der Waals surface area (Å²) in [6, 6.07) is 18.5. The topological polar surface area (TPSA) is 32.3 Å². The Labute approximate surface area is 129 Å². The van der Waals surface area contributed by atoms with E-state index >= 15 is 0 Å². The van der Waals surface area contributed by atoms with Crippen LogP contribution in [0.15, 0.2) is 59.1 Å². The molecule has 0 aliphatic rings. The fourth-order valence-corrected chi connectivity index (χ4v) is 2.41. The van der Waals surface area contributed by atoms with Crippen molar-refractivity contribution in [2.24, 2.45) is 0 Å². The Bertz CT molecular complexity index is 512. The fourth-order valence-electron chi connectivity index (χ4n) is 2.15. The summed E-state index contributed by atoms with van der Waals surface area (Å²) >= 11 is 3.40. The van der Waals surface area contributed by atoms with Gasteiger partial charge in [-0.3, -0.25) is 0 Å². The summed E-state index contributed by atoms with van der Waals surface area (Å²) < 4.78 is 1.03. The van der Waals surface area contributed by atoms with Gasteiger partial charge in [-0.2, -0.15) is 0 Å². The van der Waals surface area contributed by atoms with Crippen molar-refractivity contribution in [3.05, 3.63) is 70.2 Å². The Morgan fingerprint density at radius 2 is 1.65 bits per heavy atom. The summed E-state index contributed by atoms with van der Waals surface area (Å²) in [4.78, 5) is 0. The van der Waals surface area contributed by atoms with E-state index in [1.165, 1.54) is 5.56 Å². The smallest absolute Gasteiger partial charge is 0.0802 e. The second-order valence-electron chi connectivity index (χ2n) is 4.94. The van der Waals surface area contributed by atoms with Gasteiger partial charge < -0.3 is 10.4 Å². The minimum Gasteiger partial charge on any atom is -0.388 e. The molecule has 0 aliphatic carbocycles. The summed E-state index contributed by atoms with van der Waals surface area (Å²) in [5.74, 6) is 0. The molecule has 106 valence electrons. The molecule has 2 nitrogen and oxygen atoms in total. The van der Waals surface area contributed by atoms with Crippen molar-refractivity contribution in [2.75, 3.05) is 6.54 Å². The van der Waals surface area contributed by atoms with Crippen LogP contribution in [-0.2, 0) is 0 Å². The number of aliphatic hydroxyl groups is 1. The van der Waals surface area contributed by atoms with Gasteiger partial charge in [-0.1, -0.05) is 58.4 Å². The van der Waals surface area contributed by atoms with Gasteiger partial charge in [-0.05, 0) is 43.1 Å². The Morgan fingerprint density at radius 1 is 1.00 bits per heavy atom. The molecule has 3 heteroatoms. The van der Waals surface area contributed by atoms with Crippen molar-refractivity contribution in [1.82, 2.24) is 5.32 Å². The lowest BCUT2D eigenvalue weighted by Gasteiger charge is -2.16. The van der Waals surface area contributed by atoms with Crippen molar-refractivity contribution in [2.45, 2.75) is 25.5 Å². The van der Waals surface area contributed by atoms with Gasteiger partial charge in [-0.15, -0.1) is 0 Å². The van der Waals surface area contributed by atoms with Crippen LogP contribution in [0.3, 0.4) is 0 Å². The van der Waals surface area contributed by atoms with E-state index in [9.17, 15) is 5.11 Å². The van der Waals surface area contributed by atoms with E-state index in [0.29, 0.717) is 12.5 Å². The highest BCUT2D eigenvalue weighted by Crippen LogP contribution is 2.19. The van der Waals surface area contributed by atoms with Crippen LogP contribution in [0.4, 0.5) is 0 Å². The highest BCUT2D eigenvalue weighted by atomic mass is 79.9. The molecule has 1 unspecified atom stereocenters. The zero-order valence-corrected chi connectivity index (χ0v) is 13.2. The third-order valence-corrected chi connectivity index (χ3v) is 3.95. The Hall–Kier alpha value is -1.16. The summed E-state index contributed by atoms with van der Waals surface area (Å²) in [6.45, 7) is 2.93. The van der Waals surface area contributed by atoms with Crippen LogP contribution in [0.2, 0.25) is 0 Å². The quantitative estimate of drug-likeness (QED) is 0.829. The average Bonchev–Trinajstić information content (AvgIpc) is 2.48. The lowest BCUT2D eigenvalue weighted by atomic mass is 10.1. The van der Waals surface area contributed by atoms with E-state index in [1.807, 2.05) is 42.5 Å². The summed E-state index contributed by atoms with van der Waals surface area (Å²) in [6.07, 6.45) is 0.289. The monoisotopic (exact) mass is 333 g/mol. The van der Waals surface area contributed by atoms with Gasteiger partial charge >= 0.3 is 0 Å². The summed E-state index contributed by atoms with van der Waals surface area (Å²) in [5.41, 5.74) is 2.23. The summed E-state index contributed by atoms with van der Waals surface area (Å²) in [7, 11) is 0. The molecular formula is C17H20BrNO. The Kier molecular flexibility index (Phi) is 5.77. The fraction of sp³-hybridized carbons (Fsp3) is 0.294. The average molecular weight is 334 g/mol. The molecule has 0 aliphatic heterocycles. The maximum atomic E-state index is 10.1. The van der Waals surface area contributed by atoms with E-state index in [0.717, 1.165) is 16.6 Å². The molecule has 0 bridgehead atoms. The van der Waals surface area contributed by atoms with Gasteiger partial charge in [0.25, 0.3) is 0 Å². The first kappa shape index (κ1) is 15.2. The lowest BCUT2D eigenvalue weighted by Crippen LogP contribution is -2.21. The van der Waals surface area contributed by atoms with Crippen molar-refractivity contribution in [3.8, 4) is 0 Å². The second-order valence-corrected chi connectivity index (χ2v) is 5.86. The van der Waals surface area contributed by atoms with E-state index in [-0.39, 0.29) is 0 Å². The normalized spacial score (nSPS) is 13.9. The van der Waals surface area contributed by atoms with Crippen molar-refractivity contribution in [3.63, 3.8) is 0 Å². The van der Waals surface area contributed by atoms with Gasteiger partial charge in [0, 0.05) is 10.5 Å². The number of benzene rings is 2. The molecule has 0 saturated carbocycles. The molecule has 0 saturated heterocycles. The molecule has 0 amide bonds. The number of hydrogen-bond acceptors (Lipinski definition) is 2. The van der Waals surface area contributed by atoms with Crippen LogP contribution in [0.5, 0.6) is 0 Å². The first-order valence-corrected chi connectivity index (χ1v) is 7.68. The molecule has 0 heterocycles. The van der Waals surface area contributed by atoms with E-state index in [4.69, 9.17) is 0 Å². The first-order chi connectivity index (χ1) is 9.66. The van der Waals surface area contributed by atoms with Gasteiger partial charge in [0.15, 0.2) is 0 Å². The SMILES string of the molecule is C[C@@H](NCCC(O)c1ccc(Br)cc1)c1ccccc1. The molecule has 0 radical (unpaired) electrons. The zero-order chi connectivity index (χ0) is 14.4. The molecule has 2 rings (SSSR count). The van der Waals surface area contributed by atoms with Gasteiger partial charge in [0.1, 0.15) is 0 Å². The molecule has 2 atom stereocenters. The van der Waals surface area contributed by atoms with Crippen molar-refractivity contribution >= 4 is 15.9 Å². The van der Waals surface area contributed by atoms with E-state index in [1.54, 1.807) is 0 Å². The van der Waals surface area contributed by atoms with Crippen molar-refractivity contribution < 1.29 is 5.11 Å². The molecule has 2 N–H and O–H groups in total. The lowest BCUT2D eigenvalue weighted by molar-refractivity contribution is 0.165. The molecular weight excluding hydrogens is 314 g/mol. The standard InChI is InChI=1S/C17H20BrNO/c1-13(14-5-3-2-4-6-14)19-12-11-17(20)15-7-9-16(18)10-8-15/h2-10,13,17,19-20H,11-12H2,1H3/t13-,17?/m1/s1.